The van der Waals surface area contributed by atoms with E-state index in [1.54, 1.807) is 7.11 Å². The number of anilines is 1. The first-order chi connectivity index (χ1) is 9.70. The fourth-order valence-corrected chi connectivity index (χ4v) is 2.69. The zero-order chi connectivity index (χ0) is 14.1. The zero-order valence-corrected chi connectivity index (χ0v) is 12.4. The maximum absolute atomic E-state index is 12.3. The van der Waals surface area contributed by atoms with E-state index in [1.807, 2.05) is 48.5 Å². The molecule has 0 bridgehead atoms. The molecular formula is C16H12BrNO2. The molecule has 1 aliphatic heterocycles. The predicted molar refractivity (Wildman–Crippen MR) is 83.0 cm³/mol. The molecule has 0 unspecified atom stereocenters. The first-order valence-electron chi connectivity index (χ1n) is 6.15. The molecule has 1 N–H and O–H groups in total. The van der Waals surface area contributed by atoms with E-state index in [9.17, 15) is 4.79 Å². The lowest BCUT2D eigenvalue weighted by atomic mass is 10.0. The predicted octanol–water partition coefficient (Wildman–Crippen LogP) is 3.92. The molecule has 1 heterocycles. The van der Waals surface area contributed by atoms with E-state index in [0.717, 1.165) is 21.3 Å². The molecule has 0 saturated heterocycles. The summed E-state index contributed by atoms with van der Waals surface area (Å²) in [6.45, 7) is 0. The summed E-state index contributed by atoms with van der Waals surface area (Å²) in [5.74, 6) is 0.447. The first-order valence-corrected chi connectivity index (χ1v) is 6.95. The van der Waals surface area contributed by atoms with Gasteiger partial charge in [0.25, 0.3) is 5.91 Å². The fraction of sp³-hybridized carbons (Fsp3) is 0.0625. The van der Waals surface area contributed by atoms with Crippen molar-refractivity contribution in [2.45, 2.75) is 0 Å². The fourth-order valence-electron chi connectivity index (χ4n) is 2.32. The van der Waals surface area contributed by atoms with Crippen molar-refractivity contribution in [2.75, 3.05) is 12.4 Å². The van der Waals surface area contributed by atoms with Crippen LogP contribution in [0.1, 0.15) is 11.1 Å². The van der Waals surface area contributed by atoms with Gasteiger partial charge in [-0.3, -0.25) is 4.79 Å². The molecule has 2 aromatic carbocycles. The Morgan fingerprint density at radius 2 is 1.90 bits per heavy atom. The number of hydrogen-bond acceptors (Lipinski definition) is 2. The lowest BCUT2D eigenvalue weighted by molar-refractivity contribution is -0.110. The molecule has 100 valence electrons. The van der Waals surface area contributed by atoms with Crippen LogP contribution in [0, 0.1) is 0 Å². The highest BCUT2D eigenvalue weighted by Crippen LogP contribution is 2.38. The number of ether oxygens (including phenoxy) is 1. The van der Waals surface area contributed by atoms with Crippen molar-refractivity contribution in [3.63, 3.8) is 0 Å². The van der Waals surface area contributed by atoms with Gasteiger partial charge in [-0.15, -0.1) is 0 Å². The lowest BCUT2D eigenvalue weighted by Crippen LogP contribution is -2.06. The smallest absolute Gasteiger partial charge is 0.260 e. The van der Waals surface area contributed by atoms with Crippen LogP contribution in [0.5, 0.6) is 0 Å². The van der Waals surface area contributed by atoms with Crippen molar-refractivity contribution >= 4 is 38.9 Å². The second-order valence-corrected chi connectivity index (χ2v) is 5.33. The number of carbonyl (C=O) groups is 1. The van der Waals surface area contributed by atoms with Gasteiger partial charge < -0.3 is 10.1 Å². The van der Waals surface area contributed by atoms with E-state index < -0.39 is 0 Å². The SMILES string of the molecule is CO/C(=C1\C(=O)Nc2cc(Br)ccc21)c1ccccc1. The van der Waals surface area contributed by atoms with Crippen molar-refractivity contribution in [3.8, 4) is 0 Å². The van der Waals surface area contributed by atoms with Crippen LogP contribution in [0.2, 0.25) is 0 Å². The van der Waals surface area contributed by atoms with Crippen LogP contribution in [0.4, 0.5) is 5.69 Å². The van der Waals surface area contributed by atoms with Gasteiger partial charge in [0, 0.05) is 15.6 Å². The number of rotatable bonds is 2. The first kappa shape index (κ1) is 12.9. The average molecular weight is 330 g/mol. The summed E-state index contributed by atoms with van der Waals surface area (Å²) < 4.78 is 6.41. The molecule has 1 aliphatic rings. The van der Waals surface area contributed by atoms with Gasteiger partial charge in [-0.1, -0.05) is 52.3 Å². The molecule has 3 rings (SSSR count). The van der Waals surface area contributed by atoms with Gasteiger partial charge in [0.15, 0.2) is 0 Å². The second kappa shape index (κ2) is 5.13. The van der Waals surface area contributed by atoms with Gasteiger partial charge in [-0.2, -0.15) is 0 Å². The van der Waals surface area contributed by atoms with Gasteiger partial charge >= 0.3 is 0 Å². The van der Waals surface area contributed by atoms with Crippen LogP contribution < -0.4 is 5.32 Å². The van der Waals surface area contributed by atoms with Gasteiger partial charge in [0.1, 0.15) is 5.76 Å². The van der Waals surface area contributed by atoms with Crippen LogP contribution in [-0.4, -0.2) is 13.0 Å². The monoisotopic (exact) mass is 329 g/mol. The Kier molecular flexibility index (Phi) is 3.32. The molecule has 0 fully saturated rings. The summed E-state index contributed by atoms with van der Waals surface area (Å²) in [6.07, 6.45) is 0. The molecule has 20 heavy (non-hydrogen) atoms. The summed E-state index contributed by atoms with van der Waals surface area (Å²) in [4.78, 5) is 12.3. The molecule has 2 aromatic rings. The third-order valence-corrected chi connectivity index (χ3v) is 3.69. The Balaban J connectivity index is 2.22. The average Bonchev–Trinajstić information content (AvgIpc) is 2.77. The van der Waals surface area contributed by atoms with Gasteiger partial charge in [-0.05, 0) is 12.1 Å². The third kappa shape index (κ3) is 2.12. The molecule has 0 saturated carbocycles. The minimum atomic E-state index is -0.140. The van der Waals surface area contributed by atoms with Crippen LogP contribution >= 0.6 is 15.9 Å². The minimum Gasteiger partial charge on any atom is -0.495 e. The van der Waals surface area contributed by atoms with Crippen molar-refractivity contribution in [1.29, 1.82) is 0 Å². The molecule has 0 aromatic heterocycles. The van der Waals surface area contributed by atoms with Crippen molar-refractivity contribution in [1.82, 2.24) is 0 Å². The quantitative estimate of drug-likeness (QED) is 0.670. The summed E-state index contributed by atoms with van der Waals surface area (Å²) in [5.41, 5.74) is 3.11. The van der Waals surface area contributed by atoms with E-state index in [1.165, 1.54) is 0 Å². The number of nitrogens with one attached hydrogen (secondary N) is 1. The second-order valence-electron chi connectivity index (χ2n) is 4.42. The number of methoxy groups -OCH3 is 1. The minimum absolute atomic E-state index is 0.140. The molecule has 0 aliphatic carbocycles. The van der Waals surface area contributed by atoms with Crippen LogP contribution in [0.3, 0.4) is 0 Å². The number of fused-ring (bicyclic) bond motifs is 1. The number of halogens is 1. The Morgan fingerprint density at radius 1 is 1.15 bits per heavy atom. The Bertz CT molecular complexity index is 708. The highest BCUT2D eigenvalue weighted by molar-refractivity contribution is 9.10. The van der Waals surface area contributed by atoms with Crippen LogP contribution in [0.15, 0.2) is 53.0 Å². The van der Waals surface area contributed by atoms with Gasteiger partial charge in [0.05, 0.1) is 18.4 Å². The Morgan fingerprint density at radius 3 is 2.60 bits per heavy atom. The zero-order valence-electron chi connectivity index (χ0n) is 10.8. The number of carbonyl (C=O) groups excluding carboxylic acids is 1. The molecule has 4 heteroatoms. The molecular weight excluding hydrogens is 318 g/mol. The van der Waals surface area contributed by atoms with Gasteiger partial charge in [0.2, 0.25) is 0 Å². The van der Waals surface area contributed by atoms with Gasteiger partial charge in [-0.25, -0.2) is 0 Å². The number of benzene rings is 2. The topological polar surface area (TPSA) is 38.3 Å². The molecule has 0 spiro atoms. The summed E-state index contributed by atoms with van der Waals surface area (Å²) >= 11 is 3.41. The normalized spacial score (nSPS) is 15.6. The van der Waals surface area contributed by atoms with E-state index in [0.29, 0.717) is 11.3 Å². The van der Waals surface area contributed by atoms with Crippen LogP contribution in [0.25, 0.3) is 11.3 Å². The summed E-state index contributed by atoms with van der Waals surface area (Å²) in [6, 6.07) is 15.3. The van der Waals surface area contributed by atoms with E-state index >= 15 is 0 Å². The van der Waals surface area contributed by atoms with E-state index in [4.69, 9.17) is 4.74 Å². The largest absolute Gasteiger partial charge is 0.495 e. The van der Waals surface area contributed by atoms with Crippen molar-refractivity contribution < 1.29 is 9.53 Å². The highest BCUT2D eigenvalue weighted by atomic mass is 79.9. The molecule has 3 nitrogen and oxygen atoms in total. The number of hydrogen-bond donors (Lipinski definition) is 1. The van der Waals surface area contributed by atoms with Crippen LogP contribution in [-0.2, 0) is 9.53 Å². The standard InChI is InChI=1S/C16H12BrNO2/c1-20-15(10-5-3-2-4-6-10)14-12-8-7-11(17)9-13(12)18-16(14)19/h2-9H,1H3,(H,18,19)/b15-14-. The van der Waals surface area contributed by atoms with E-state index in [-0.39, 0.29) is 5.91 Å². The summed E-state index contributed by atoms with van der Waals surface area (Å²) in [5, 5.41) is 2.87. The summed E-state index contributed by atoms with van der Waals surface area (Å²) in [7, 11) is 1.58. The maximum atomic E-state index is 12.3. The third-order valence-electron chi connectivity index (χ3n) is 3.19. The van der Waals surface area contributed by atoms with Crippen molar-refractivity contribution in [2.24, 2.45) is 0 Å². The highest BCUT2D eigenvalue weighted by Gasteiger charge is 2.28. The maximum Gasteiger partial charge on any atom is 0.260 e. The Hall–Kier alpha value is -2.07. The Labute approximate surface area is 125 Å². The van der Waals surface area contributed by atoms with Crippen molar-refractivity contribution in [3.05, 3.63) is 64.1 Å². The molecule has 0 radical (unpaired) electrons. The molecule has 0 atom stereocenters. The van der Waals surface area contributed by atoms with E-state index in [2.05, 4.69) is 21.2 Å². The molecule has 1 amide bonds. The number of amides is 1. The lowest BCUT2D eigenvalue weighted by Gasteiger charge is -2.09.